The highest BCUT2D eigenvalue weighted by Crippen LogP contribution is 2.06. The Balaban J connectivity index is 3.14. The van der Waals surface area contributed by atoms with Crippen molar-refractivity contribution in [2.24, 2.45) is 0 Å². The molecule has 0 aliphatic carbocycles. The van der Waals surface area contributed by atoms with E-state index in [1.54, 1.807) is 0 Å². The standard InChI is InChI=1S/C16H28I2O/c17-13-9-5-1-3-7-11-15-19-16-12-8-4-2-6-10-14-18/h11-12,15-16H,1-10,13-14H2. The second-order valence-corrected chi connectivity index (χ2v) is 6.82. The normalized spacial score (nSPS) is 11.7. The zero-order valence-corrected chi connectivity index (χ0v) is 16.3. The van der Waals surface area contributed by atoms with Crippen molar-refractivity contribution in [2.45, 2.75) is 64.2 Å². The lowest BCUT2D eigenvalue weighted by Crippen LogP contribution is -1.78. The first-order valence-electron chi connectivity index (χ1n) is 7.49. The zero-order chi connectivity index (χ0) is 14.0. The average Bonchev–Trinajstić information content (AvgIpc) is 2.43. The number of hydrogen-bond acceptors (Lipinski definition) is 1. The third-order valence-corrected chi connectivity index (χ3v) is 4.38. The minimum Gasteiger partial charge on any atom is -0.473 e. The SMILES string of the molecule is ICCCCCCC=COC=CCCCCCCI. The van der Waals surface area contributed by atoms with Crippen LogP contribution in [-0.4, -0.2) is 8.86 Å². The molecule has 0 aromatic heterocycles. The van der Waals surface area contributed by atoms with Crippen LogP contribution in [0.1, 0.15) is 64.2 Å². The van der Waals surface area contributed by atoms with Crippen molar-refractivity contribution >= 4 is 45.2 Å². The molecule has 0 atom stereocenters. The van der Waals surface area contributed by atoms with Crippen LogP contribution in [-0.2, 0) is 4.74 Å². The van der Waals surface area contributed by atoms with Gasteiger partial charge in [0.25, 0.3) is 0 Å². The third kappa shape index (κ3) is 18.7. The molecule has 0 aliphatic rings. The molecule has 112 valence electrons. The molecule has 0 radical (unpaired) electrons. The van der Waals surface area contributed by atoms with E-state index in [-0.39, 0.29) is 0 Å². The molecular weight excluding hydrogens is 462 g/mol. The fourth-order valence-electron chi connectivity index (χ4n) is 1.71. The van der Waals surface area contributed by atoms with Crippen molar-refractivity contribution in [3.8, 4) is 0 Å². The van der Waals surface area contributed by atoms with Crippen molar-refractivity contribution in [1.82, 2.24) is 0 Å². The van der Waals surface area contributed by atoms with Gasteiger partial charge in [-0.15, -0.1) is 0 Å². The van der Waals surface area contributed by atoms with Gasteiger partial charge in [-0.1, -0.05) is 70.9 Å². The van der Waals surface area contributed by atoms with E-state index in [9.17, 15) is 0 Å². The van der Waals surface area contributed by atoms with Gasteiger partial charge >= 0.3 is 0 Å². The number of rotatable bonds is 14. The van der Waals surface area contributed by atoms with Gasteiger partial charge in [-0.05, 0) is 59.5 Å². The highest BCUT2D eigenvalue weighted by molar-refractivity contribution is 14.1. The Labute approximate surface area is 146 Å². The summed E-state index contributed by atoms with van der Waals surface area (Å²) in [5.41, 5.74) is 0. The molecule has 0 fully saturated rings. The Kier molecular flexibility index (Phi) is 19.5. The van der Waals surface area contributed by atoms with Crippen LogP contribution in [0.4, 0.5) is 0 Å². The van der Waals surface area contributed by atoms with Crippen molar-refractivity contribution in [2.75, 3.05) is 8.86 Å². The van der Waals surface area contributed by atoms with Gasteiger partial charge in [-0.25, -0.2) is 0 Å². The molecular formula is C16H28I2O. The summed E-state index contributed by atoms with van der Waals surface area (Å²) < 4.78 is 7.91. The largest absolute Gasteiger partial charge is 0.473 e. The number of hydrogen-bond donors (Lipinski definition) is 0. The van der Waals surface area contributed by atoms with Gasteiger partial charge in [-0.3, -0.25) is 0 Å². The maximum Gasteiger partial charge on any atom is 0.0861 e. The van der Waals surface area contributed by atoms with Crippen LogP contribution in [0.3, 0.4) is 0 Å². The van der Waals surface area contributed by atoms with Crippen molar-refractivity contribution in [3.05, 3.63) is 24.7 Å². The second-order valence-electron chi connectivity index (χ2n) is 4.66. The van der Waals surface area contributed by atoms with E-state index in [1.165, 1.54) is 60.2 Å². The molecule has 3 heteroatoms. The quantitative estimate of drug-likeness (QED) is 0.113. The highest BCUT2D eigenvalue weighted by Gasteiger charge is 1.87. The fraction of sp³-hybridized carbons (Fsp3) is 0.750. The van der Waals surface area contributed by atoms with Crippen LogP contribution in [0.15, 0.2) is 24.7 Å². The van der Waals surface area contributed by atoms with Crippen LogP contribution < -0.4 is 0 Å². The summed E-state index contributed by atoms with van der Waals surface area (Å²) in [6.07, 6.45) is 20.9. The molecule has 0 spiro atoms. The Hall–Kier alpha value is 0.740. The topological polar surface area (TPSA) is 9.23 Å². The van der Waals surface area contributed by atoms with Crippen LogP contribution in [0.2, 0.25) is 0 Å². The Morgan fingerprint density at radius 3 is 1.42 bits per heavy atom. The molecule has 0 aliphatic heterocycles. The van der Waals surface area contributed by atoms with E-state index in [0.717, 1.165) is 12.8 Å². The molecule has 0 saturated carbocycles. The van der Waals surface area contributed by atoms with E-state index < -0.39 is 0 Å². The number of unbranched alkanes of at least 4 members (excludes halogenated alkanes) is 8. The van der Waals surface area contributed by atoms with Crippen LogP contribution in [0.25, 0.3) is 0 Å². The average molecular weight is 490 g/mol. The van der Waals surface area contributed by atoms with Gasteiger partial charge in [0.05, 0.1) is 12.5 Å². The molecule has 0 bridgehead atoms. The highest BCUT2D eigenvalue weighted by atomic mass is 127. The van der Waals surface area contributed by atoms with Crippen LogP contribution in [0, 0.1) is 0 Å². The number of allylic oxidation sites excluding steroid dienone is 2. The smallest absolute Gasteiger partial charge is 0.0861 e. The Bertz CT molecular complexity index is 193. The number of alkyl halides is 2. The monoisotopic (exact) mass is 490 g/mol. The molecule has 0 saturated heterocycles. The van der Waals surface area contributed by atoms with E-state index in [2.05, 4.69) is 57.3 Å². The van der Waals surface area contributed by atoms with Gasteiger partial charge in [0.15, 0.2) is 0 Å². The molecule has 0 N–H and O–H groups in total. The molecule has 0 aromatic rings. The maximum atomic E-state index is 5.33. The zero-order valence-electron chi connectivity index (χ0n) is 12.0. The first kappa shape index (κ1) is 19.7. The van der Waals surface area contributed by atoms with E-state index in [1.807, 2.05) is 12.5 Å². The first-order valence-corrected chi connectivity index (χ1v) is 10.5. The maximum absolute atomic E-state index is 5.33. The fourth-order valence-corrected chi connectivity index (χ4v) is 2.79. The summed E-state index contributed by atoms with van der Waals surface area (Å²) in [5.74, 6) is 0. The van der Waals surface area contributed by atoms with E-state index in [4.69, 9.17) is 4.74 Å². The van der Waals surface area contributed by atoms with Crippen LogP contribution in [0.5, 0.6) is 0 Å². The van der Waals surface area contributed by atoms with Gasteiger partial charge in [-0.2, -0.15) is 0 Å². The Morgan fingerprint density at radius 2 is 1.00 bits per heavy atom. The molecule has 19 heavy (non-hydrogen) atoms. The first-order chi connectivity index (χ1) is 9.41. The van der Waals surface area contributed by atoms with Gasteiger partial charge in [0, 0.05) is 0 Å². The third-order valence-electron chi connectivity index (χ3n) is 2.86. The Morgan fingerprint density at radius 1 is 0.579 bits per heavy atom. The van der Waals surface area contributed by atoms with Gasteiger partial charge in [0.2, 0.25) is 0 Å². The lowest BCUT2D eigenvalue weighted by atomic mass is 10.1. The predicted molar refractivity (Wildman–Crippen MR) is 103 cm³/mol. The number of halogens is 2. The van der Waals surface area contributed by atoms with Gasteiger partial charge < -0.3 is 4.74 Å². The molecule has 0 aromatic carbocycles. The minimum absolute atomic E-state index is 1.14. The van der Waals surface area contributed by atoms with E-state index >= 15 is 0 Å². The molecule has 1 nitrogen and oxygen atoms in total. The van der Waals surface area contributed by atoms with Crippen molar-refractivity contribution in [1.29, 1.82) is 0 Å². The summed E-state index contributed by atoms with van der Waals surface area (Å²) in [7, 11) is 0. The lowest BCUT2D eigenvalue weighted by molar-refractivity contribution is 0.398. The van der Waals surface area contributed by atoms with Crippen LogP contribution >= 0.6 is 45.2 Å². The van der Waals surface area contributed by atoms with Gasteiger partial charge in [0.1, 0.15) is 0 Å². The summed E-state index contributed by atoms with van der Waals surface area (Å²) in [6.45, 7) is 0. The van der Waals surface area contributed by atoms with E-state index in [0.29, 0.717) is 0 Å². The minimum atomic E-state index is 1.14. The van der Waals surface area contributed by atoms with Crippen molar-refractivity contribution in [3.63, 3.8) is 0 Å². The summed E-state index contributed by atoms with van der Waals surface area (Å²) in [4.78, 5) is 0. The predicted octanol–water partition coefficient (Wildman–Crippen LogP) is 6.80. The molecule has 0 heterocycles. The van der Waals surface area contributed by atoms with Crippen molar-refractivity contribution < 1.29 is 4.74 Å². The summed E-state index contributed by atoms with van der Waals surface area (Å²) in [5, 5.41) is 0. The molecule has 0 rings (SSSR count). The summed E-state index contributed by atoms with van der Waals surface area (Å²) >= 11 is 4.89. The lowest BCUT2D eigenvalue weighted by Gasteiger charge is -1.96. The summed E-state index contributed by atoms with van der Waals surface area (Å²) in [6, 6.07) is 0. The molecule has 0 unspecified atom stereocenters. The number of ether oxygens (including phenoxy) is 1. The second kappa shape index (κ2) is 18.7. The molecule has 0 amide bonds.